The van der Waals surface area contributed by atoms with Gasteiger partial charge in [0.15, 0.2) is 11.6 Å². The van der Waals surface area contributed by atoms with E-state index >= 15 is 0 Å². The molecule has 1 aliphatic heterocycles. The van der Waals surface area contributed by atoms with Gasteiger partial charge in [0, 0.05) is 5.92 Å². The molecule has 1 fully saturated rings. The number of ketones is 1. The molecule has 152 valence electrons. The molecule has 1 rings (SSSR count). The van der Waals surface area contributed by atoms with Crippen LogP contribution in [0.3, 0.4) is 0 Å². The Morgan fingerprint density at radius 2 is 1.52 bits per heavy atom. The summed E-state index contributed by atoms with van der Waals surface area (Å²) in [5, 5.41) is 0. The number of ether oxygens (including phenoxy) is 2. The second-order valence-electron chi connectivity index (χ2n) is 8.26. The minimum Gasteiger partial charge on any atom is -0.340 e. The van der Waals surface area contributed by atoms with Crippen LogP contribution >= 0.6 is 0 Å². The van der Waals surface area contributed by atoms with E-state index in [0.29, 0.717) is 0 Å². The average Bonchev–Trinajstić information content (AvgIpc) is 2.90. The SMILES string of the molecule is C/C(=C\C=O)CC/C=C(\C)CC/C=C(\C)[C@H]1OC(C)(C)O[C@@H]1C(=O)C(C)C. The highest BCUT2D eigenvalue weighted by molar-refractivity contribution is 5.86. The van der Waals surface area contributed by atoms with Crippen LogP contribution in [-0.4, -0.2) is 30.1 Å². The van der Waals surface area contributed by atoms with E-state index in [4.69, 9.17) is 9.47 Å². The van der Waals surface area contributed by atoms with Crippen LogP contribution in [0.2, 0.25) is 0 Å². The first-order valence-electron chi connectivity index (χ1n) is 9.90. The highest BCUT2D eigenvalue weighted by Crippen LogP contribution is 2.33. The van der Waals surface area contributed by atoms with E-state index in [0.717, 1.165) is 43.1 Å². The molecular formula is C23H36O4. The van der Waals surface area contributed by atoms with Gasteiger partial charge in [0.1, 0.15) is 18.5 Å². The molecule has 0 aromatic carbocycles. The van der Waals surface area contributed by atoms with E-state index in [-0.39, 0.29) is 17.8 Å². The van der Waals surface area contributed by atoms with Crippen LogP contribution in [0.5, 0.6) is 0 Å². The lowest BCUT2D eigenvalue weighted by atomic mass is 9.95. The number of hydrogen-bond donors (Lipinski definition) is 0. The van der Waals surface area contributed by atoms with Crippen LogP contribution in [0.15, 0.2) is 34.9 Å². The molecule has 0 aromatic rings. The van der Waals surface area contributed by atoms with Crippen LogP contribution in [0.1, 0.15) is 74.1 Å². The first kappa shape index (κ1) is 23.5. The summed E-state index contributed by atoms with van der Waals surface area (Å²) in [5.74, 6) is -0.726. The Kier molecular flexibility index (Phi) is 9.34. The molecular weight excluding hydrogens is 340 g/mol. The molecule has 1 aliphatic rings. The van der Waals surface area contributed by atoms with Gasteiger partial charge in [-0.1, -0.05) is 37.1 Å². The number of aldehydes is 1. The zero-order valence-electron chi connectivity index (χ0n) is 18.0. The molecule has 27 heavy (non-hydrogen) atoms. The van der Waals surface area contributed by atoms with Gasteiger partial charge in [-0.2, -0.15) is 0 Å². The lowest BCUT2D eigenvalue weighted by molar-refractivity contribution is -0.155. The molecule has 4 heteroatoms. The van der Waals surface area contributed by atoms with Gasteiger partial charge in [-0.05, 0) is 72.0 Å². The second kappa shape index (κ2) is 10.7. The van der Waals surface area contributed by atoms with Crippen LogP contribution in [0, 0.1) is 5.92 Å². The number of carbonyl (C=O) groups excluding carboxylic acids is 2. The Balaban J connectivity index is 2.62. The van der Waals surface area contributed by atoms with Crippen molar-refractivity contribution in [3.63, 3.8) is 0 Å². The van der Waals surface area contributed by atoms with E-state index < -0.39 is 11.9 Å². The molecule has 0 amide bonds. The Morgan fingerprint density at radius 1 is 0.963 bits per heavy atom. The van der Waals surface area contributed by atoms with Crippen LogP contribution < -0.4 is 0 Å². The Bertz CT molecular complexity index is 608. The average molecular weight is 377 g/mol. The monoisotopic (exact) mass is 376 g/mol. The quantitative estimate of drug-likeness (QED) is 0.294. The molecule has 1 saturated heterocycles. The fraction of sp³-hybridized carbons (Fsp3) is 0.652. The number of allylic oxidation sites excluding steroid dienone is 5. The number of hydrogen-bond acceptors (Lipinski definition) is 4. The molecule has 2 atom stereocenters. The summed E-state index contributed by atoms with van der Waals surface area (Å²) < 4.78 is 11.9. The summed E-state index contributed by atoms with van der Waals surface area (Å²) in [7, 11) is 0. The smallest absolute Gasteiger partial charge is 0.167 e. The maximum Gasteiger partial charge on any atom is 0.167 e. The van der Waals surface area contributed by atoms with Crippen molar-refractivity contribution in [3.8, 4) is 0 Å². The van der Waals surface area contributed by atoms with Crippen molar-refractivity contribution >= 4 is 12.1 Å². The maximum absolute atomic E-state index is 12.5. The normalized spacial score (nSPS) is 23.8. The molecule has 0 aromatic heterocycles. The maximum atomic E-state index is 12.5. The predicted octanol–water partition coefficient (Wildman–Crippen LogP) is 5.33. The van der Waals surface area contributed by atoms with Gasteiger partial charge in [0.25, 0.3) is 0 Å². The van der Waals surface area contributed by atoms with Crippen molar-refractivity contribution < 1.29 is 19.1 Å². The van der Waals surface area contributed by atoms with Gasteiger partial charge in [0.2, 0.25) is 0 Å². The standard InChI is InChI=1S/C23H36O4/c1-16(2)20(25)22-21(26-23(6,7)27-22)19(5)13-9-12-17(3)10-8-11-18(4)14-15-24/h10,13-16,21-22H,8-9,11-12H2,1-7H3/b17-10+,18-14+,19-13+/t21-,22-/m1/s1. The lowest BCUT2D eigenvalue weighted by Gasteiger charge is -2.18. The third kappa shape index (κ3) is 7.94. The van der Waals surface area contributed by atoms with Crippen LogP contribution in [0.4, 0.5) is 0 Å². The van der Waals surface area contributed by atoms with Crippen LogP contribution in [0.25, 0.3) is 0 Å². The van der Waals surface area contributed by atoms with Crippen molar-refractivity contribution in [1.29, 1.82) is 0 Å². The van der Waals surface area contributed by atoms with Crippen molar-refractivity contribution in [2.75, 3.05) is 0 Å². The van der Waals surface area contributed by atoms with Crippen LogP contribution in [-0.2, 0) is 19.1 Å². The number of carbonyl (C=O) groups is 2. The summed E-state index contributed by atoms with van der Waals surface area (Å²) in [6.45, 7) is 13.6. The third-order valence-corrected chi connectivity index (χ3v) is 4.78. The lowest BCUT2D eigenvalue weighted by Crippen LogP contribution is -2.35. The van der Waals surface area contributed by atoms with Crippen molar-refractivity contribution in [3.05, 3.63) is 34.9 Å². The summed E-state index contributed by atoms with van der Waals surface area (Å²) in [6.07, 6.45) is 9.74. The molecule has 0 unspecified atom stereocenters. The third-order valence-electron chi connectivity index (χ3n) is 4.78. The number of rotatable bonds is 10. The summed E-state index contributed by atoms with van der Waals surface area (Å²) in [4.78, 5) is 22.9. The predicted molar refractivity (Wildman–Crippen MR) is 109 cm³/mol. The molecule has 0 radical (unpaired) electrons. The van der Waals surface area contributed by atoms with Gasteiger partial charge >= 0.3 is 0 Å². The fourth-order valence-corrected chi connectivity index (χ4v) is 3.12. The van der Waals surface area contributed by atoms with Crippen molar-refractivity contribution in [1.82, 2.24) is 0 Å². The highest BCUT2D eigenvalue weighted by atomic mass is 16.8. The van der Waals surface area contributed by atoms with Gasteiger partial charge in [0.05, 0.1) is 0 Å². The Morgan fingerprint density at radius 3 is 2.11 bits per heavy atom. The summed E-state index contributed by atoms with van der Waals surface area (Å²) in [5.41, 5.74) is 3.49. The van der Waals surface area contributed by atoms with Gasteiger partial charge in [-0.15, -0.1) is 0 Å². The Labute approximate surface area is 164 Å². The van der Waals surface area contributed by atoms with Gasteiger partial charge in [-0.3, -0.25) is 9.59 Å². The minimum absolute atomic E-state index is 0.0790. The van der Waals surface area contributed by atoms with Crippen molar-refractivity contribution in [2.45, 2.75) is 92.1 Å². The van der Waals surface area contributed by atoms with Crippen molar-refractivity contribution in [2.24, 2.45) is 5.92 Å². The summed E-state index contributed by atoms with van der Waals surface area (Å²) >= 11 is 0. The van der Waals surface area contributed by atoms with Gasteiger partial charge in [-0.25, -0.2) is 0 Å². The zero-order valence-corrected chi connectivity index (χ0v) is 18.0. The highest BCUT2D eigenvalue weighted by Gasteiger charge is 2.45. The minimum atomic E-state index is -0.738. The largest absolute Gasteiger partial charge is 0.340 e. The van der Waals surface area contributed by atoms with E-state index in [1.165, 1.54) is 5.57 Å². The van der Waals surface area contributed by atoms with E-state index in [2.05, 4.69) is 19.1 Å². The molecule has 0 spiro atoms. The van der Waals surface area contributed by atoms with E-state index in [1.807, 2.05) is 41.5 Å². The molecule has 0 N–H and O–H groups in total. The number of Topliss-reactive ketones (excluding diaryl/α,β-unsaturated/α-hetero) is 1. The molecule has 0 aliphatic carbocycles. The Hall–Kier alpha value is -1.52. The van der Waals surface area contributed by atoms with E-state index in [1.54, 1.807) is 6.08 Å². The van der Waals surface area contributed by atoms with E-state index in [9.17, 15) is 9.59 Å². The molecule has 4 nitrogen and oxygen atoms in total. The van der Waals surface area contributed by atoms with Gasteiger partial charge < -0.3 is 9.47 Å². The zero-order chi connectivity index (χ0) is 20.6. The molecule has 0 saturated carbocycles. The first-order valence-corrected chi connectivity index (χ1v) is 9.90. The molecule has 0 bridgehead atoms. The first-order chi connectivity index (χ1) is 12.6. The molecule has 1 heterocycles. The fourth-order valence-electron chi connectivity index (χ4n) is 3.12. The second-order valence-corrected chi connectivity index (χ2v) is 8.26. The topological polar surface area (TPSA) is 52.6 Å². The summed E-state index contributed by atoms with van der Waals surface area (Å²) in [6, 6.07) is 0.